The fourth-order valence-corrected chi connectivity index (χ4v) is 1.34. The third-order valence-electron chi connectivity index (χ3n) is 1.61. The molecule has 78 valence electrons. The molecule has 0 unspecified atom stereocenters. The van der Waals surface area contributed by atoms with E-state index in [1.807, 2.05) is 6.07 Å². The lowest BCUT2D eigenvalue weighted by atomic mass is 10.3. The van der Waals surface area contributed by atoms with Crippen molar-refractivity contribution in [2.24, 2.45) is 0 Å². The Labute approximate surface area is 95.5 Å². The van der Waals surface area contributed by atoms with Gasteiger partial charge in [0.25, 0.3) is 0 Å². The molecule has 0 radical (unpaired) electrons. The van der Waals surface area contributed by atoms with Crippen molar-refractivity contribution in [3.63, 3.8) is 0 Å². The van der Waals surface area contributed by atoms with Crippen LogP contribution in [0.25, 0.3) is 0 Å². The zero-order valence-corrected chi connectivity index (χ0v) is 8.96. The van der Waals surface area contributed by atoms with Crippen LogP contribution in [0.1, 0.15) is 5.56 Å². The van der Waals surface area contributed by atoms with E-state index in [2.05, 4.69) is 20.3 Å². The summed E-state index contributed by atoms with van der Waals surface area (Å²) in [6, 6.07) is 1.83. The number of anilines is 1. The van der Waals surface area contributed by atoms with Crippen LogP contribution < -0.4 is 5.32 Å². The second-order valence-corrected chi connectivity index (χ2v) is 3.36. The van der Waals surface area contributed by atoms with E-state index in [0.29, 0.717) is 12.5 Å². The maximum absolute atomic E-state index is 5.61. The largest absolute Gasteiger partial charge is 0.472 e. The van der Waals surface area contributed by atoms with Crippen LogP contribution in [0.5, 0.6) is 0 Å². The Balaban J connectivity index is 2.05. The second kappa shape index (κ2) is 4.46. The van der Waals surface area contributed by atoms with Crippen molar-refractivity contribution in [2.75, 3.05) is 5.32 Å². The molecular formula is C8H6Cl2N4O. The van der Waals surface area contributed by atoms with Gasteiger partial charge in [-0.2, -0.15) is 15.0 Å². The molecule has 0 saturated heterocycles. The molecule has 2 heterocycles. The molecule has 7 heteroatoms. The zero-order valence-electron chi connectivity index (χ0n) is 7.44. The number of rotatable bonds is 3. The molecule has 5 nitrogen and oxygen atoms in total. The molecular weight excluding hydrogens is 239 g/mol. The predicted octanol–water partition coefficient (Wildman–Crippen LogP) is 2.38. The van der Waals surface area contributed by atoms with Gasteiger partial charge in [0.2, 0.25) is 16.5 Å². The summed E-state index contributed by atoms with van der Waals surface area (Å²) in [6.45, 7) is 0.535. The molecule has 0 saturated carbocycles. The summed E-state index contributed by atoms with van der Waals surface area (Å²) < 4.78 is 4.91. The van der Waals surface area contributed by atoms with E-state index in [4.69, 9.17) is 27.6 Å². The molecule has 1 N–H and O–H groups in total. The van der Waals surface area contributed by atoms with Crippen LogP contribution in [0.3, 0.4) is 0 Å². The molecule has 0 atom stereocenters. The van der Waals surface area contributed by atoms with Crippen molar-refractivity contribution < 1.29 is 4.42 Å². The Morgan fingerprint density at radius 1 is 1.20 bits per heavy atom. The maximum atomic E-state index is 5.61. The van der Waals surface area contributed by atoms with E-state index in [9.17, 15) is 0 Å². The van der Waals surface area contributed by atoms with E-state index < -0.39 is 0 Å². The van der Waals surface area contributed by atoms with Gasteiger partial charge in [-0.05, 0) is 29.3 Å². The summed E-state index contributed by atoms with van der Waals surface area (Å²) in [6.07, 6.45) is 3.21. The number of aromatic nitrogens is 3. The standard InChI is InChI=1S/C8H6Cl2N4O/c9-6-12-7(10)14-8(13-6)11-3-5-1-2-15-4-5/h1-2,4H,3H2,(H,11,12,13,14). The van der Waals surface area contributed by atoms with E-state index in [1.54, 1.807) is 12.5 Å². The van der Waals surface area contributed by atoms with Gasteiger partial charge in [0.05, 0.1) is 12.5 Å². The van der Waals surface area contributed by atoms with E-state index >= 15 is 0 Å². The van der Waals surface area contributed by atoms with Gasteiger partial charge in [-0.3, -0.25) is 0 Å². The minimum Gasteiger partial charge on any atom is -0.472 e. The van der Waals surface area contributed by atoms with Gasteiger partial charge in [-0.25, -0.2) is 0 Å². The maximum Gasteiger partial charge on any atom is 0.228 e. The quantitative estimate of drug-likeness (QED) is 0.899. The van der Waals surface area contributed by atoms with Crippen LogP contribution in [0, 0.1) is 0 Å². The van der Waals surface area contributed by atoms with Gasteiger partial charge in [-0.1, -0.05) is 0 Å². The first-order valence-electron chi connectivity index (χ1n) is 4.06. The lowest BCUT2D eigenvalue weighted by Gasteiger charge is -2.02. The van der Waals surface area contributed by atoms with Crippen molar-refractivity contribution >= 4 is 29.2 Å². The molecule has 2 aromatic rings. The molecule has 0 aliphatic carbocycles. The predicted molar refractivity (Wildman–Crippen MR) is 55.9 cm³/mol. The molecule has 0 fully saturated rings. The molecule has 0 aromatic carbocycles. The topological polar surface area (TPSA) is 63.8 Å². The summed E-state index contributed by atoms with van der Waals surface area (Å²) in [5, 5.41) is 3.06. The first-order valence-corrected chi connectivity index (χ1v) is 4.81. The number of halogens is 2. The van der Waals surface area contributed by atoms with Crippen molar-refractivity contribution in [1.29, 1.82) is 0 Å². The van der Waals surface area contributed by atoms with Crippen LogP contribution in [-0.4, -0.2) is 15.0 Å². The molecule has 2 rings (SSSR count). The highest BCUT2D eigenvalue weighted by atomic mass is 35.5. The van der Waals surface area contributed by atoms with Crippen molar-refractivity contribution in [3.05, 3.63) is 34.7 Å². The van der Waals surface area contributed by atoms with E-state index in [0.717, 1.165) is 5.56 Å². The van der Waals surface area contributed by atoms with E-state index in [1.165, 1.54) is 0 Å². The molecule has 0 amide bonds. The third-order valence-corrected chi connectivity index (χ3v) is 1.95. The lowest BCUT2D eigenvalue weighted by molar-refractivity contribution is 0.564. The third kappa shape index (κ3) is 2.81. The Hall–Kier alpha value is -1.33. The first-order chi connectivity index (χ1) is 7.24. The fraction of sp³-hybridized carbons (Fsp3) is 0.125. The van der Waals surface area contributed by atoms with Crippen LogP contribution in [0.15, 0.2) is 23.0 Å². The van der Waals surface area contributed by atoms with Gasteiger partial charge in [0, 0.05) is 12.1 Å². The summed E-state index contributed by atoms with van der Waals surface area (Å²) in [7, 11) is 0. The molecule has 0 aliphatic rings. The van der Waals surface area contributed by atoms with Crippen molar-refractivity contribution in [1.82, 2.24) is 15.0 Å². The number of nitrogens with zero attached hydrogens (tertiary/aromatic N) is 3. The molecule has 2 aromatic heterocycles. The normalized spacial score (nSPS) is 10.3. The number of hydrogen-bond donors (Lipinski definition) is 1. The van der Waals surface area contributed by atoms with Gasteiger partial charge >= 0.3 is 0 Å². The SMILES string of the molecule is Clc1nc(Cl)nc(NCc2ccoc2)n1. The molecule has 0 spiro atoms. The average Bonchev–Trinajstić information content (AvgIpc) is 2.65. The van der Waals surface area contributed by atoms with Crippen LogP contribution in [0.4, 0.5) is 5.95 Å². The van der Waals surface area contributed by atoms with Gasteiger partial charge < -0.3 is 9.73 Å². The fourth-order valence-electron chi connectivity index (χ4n) is 0.979. The van der Waals surface area contributed by atoms with Gasteiger partial charge in [0.1, 0.15) is 0 Å². The summed E-state index contributed by atoms with van der Waals surface area (Å²) >= 11 is 11.2. The summed E-state index contributed by atoms with van der Waals surface area (Å²) in [5.74, 6) is 0.334. The average molecular weight is 245 g/mol. The van der Waals surface area contributed by atoms with Crippen LogP contribution in [0.2, 0.25) is 10.6 Å². The minimum absolute atomic E-state index is 0.0599. The molecule has 15 heavy (non-hydrogen) atoms. The van der Waals surface area contributed by atoms with Crippen LogP contribution in [-0.2, 0) is 6.54 Å². The van der Waals surface area contributed by atoms with Crippen molar-refractivity contribution in [3.8, 4) is 0 Å². The van der Waals surface area contributed by atoms with Gasteiger partial charge in [-0.15, -0.1) is 0 Å². The molecule has 0 aliphatic heterocycles. The Morgan fingerprint density at radius 3 is 2.53 bits per heavy atom. The number of hydrogen-bond acceptors (Lipinski definition) is 5. The monoisotopic (exact) mass is 244 g/mol. The zero-order chi connectivity index (χ0) is 10.7. The number of nitrogens with one attached hydrogen (secondary N) is 1. The molecule has 0 bridgehead atoms. The summed E-state index contributed by atoms with van der Waals surface area (Å²) in [4.78, 5) is 11.3. The highest BCUT2D eigenvalue weighted by Gasteiger charge is 2.02. The number of furan rings is 1. The highest BCUT2D eigenvalue weighted by molar-refractivity contribution is 6.31. The Morgan fingerprint density at radius 2 is 1.93 bits per heavy atom. The first kappa shape index (κ1) is 10.2. The second-order valence-electron chi connectivity index (χ2n) is 2.68. The Kier molecular flexibility index (Phi) is 3.03. The smallest absolute Gasteiger partial charge is 0.228 e. The lowest BCUT2D eigenvalue weighted by Crippen LogP contribution is -2.04. The van der Waals surface area contributed by atoms with Crippen molar-refractivity contribution in [2.45, 2.75) is 6.54 Å². The Bertz CT molecular complexity index is 426. The highest BCUT2D eigenvalue weighted by Crippen LogP contribution is 2.10. The van der Waals surface area contributed by atoms with Gasteiger partial charge in [0.15, 0.2) is 0 Å². The minimum atomic E-state index is 0.0599. The van der Waals surface area contributed by atoms with Crippen LogP contribution >= 0.6 is 23.2 Å². The summed E-state index contributed by atoms with van der Waals surface area (Å²) in [5.41, 5.74) is 0.975. The van der Waals surface area contributed by atoms with E-state index in [-0.39, 0.29) is 10.6 Å².